The molecule has 1 aliphatic heterocycles. The van der Waals surface area contributed by atoms with Crippen molar-refractivity contribution in [3.63, 3.8) is 0 Å². The Morgan fingerprint density at radius 3 is 2.22 bits per heavy atom. The second-order valence-corrected chi connectivity index (χ2v) is 12.2. The lowest BCUT2D eigenvalue weighted by Crippen LogP contribution is -3.00. The Bertz CT molecular complexity index is 1020. The molecule has 4 nitrogen and oxygen atoms in total. The first-order chi connectivity index (χ1) is 17.2. The van der Waals surface area contributed by atoms with Gasteiger partial charge in [0.15, 0.2) is 0 Å². The van der Waals surface area contributed by atoms with Crippen LogP contribution in [-0.2, 0) is 9.53 Å². The number of carbonyl (C=O) groups is 1. The van der Waals surface area contributed by atoms with Crippen LogP contribution in [0.15, 0.2) is 48.5 Å². The lowest BCUT2D eigenvalue weighted by molar-refractivity contribution is -0.974. The van der Waals surface area contributed by atoms with E-state index in [-0.39, 0.29) is 35.5 Å². The molecule has 3 atom stereocenters. The fourth-order valence-electron chi connectivity index (χ4n) is 6.17. The van der Waals surface area contributed by atoms with E-state index in [0.717, 1.165) is 35.6 Å². The van der Waals surface area contributed by atoms with Crippen LogP contribution in [0, 0.1) is 0 Å². The minimum atomic E-state index is -0.211. The van der Waals surface area contributed by atoms with Gasteiger partial charge in [0.2, 0.25) is 6.73 Å². The van der Waals surface area contributed by atoms with Crippen molar-refractivity contribution in [3.8, 4) is 0 Å². The van der Waals surface area contributed by atoms with E-state index in [1.807, 2.05) is 6.07 Å². The van der Waals surface area contributed by atoms with Crippen LogP contribution in [0.3, 0.4) is 0 Å². The van der Waals surface area contributed by atoms with Gasteiger partial charge >= 0.3 is 5.97 Å². The Morgan fingerprint density at radius 2 is 1.65 bits per heavy atom. The maximum atomic E-state index is 11.4. The molecule has 2 fully saturated rings. The average Bonchev–Trinajstić information content (AvgIpc) is 3.25. The normalized spacial score (nSPS) is 26.7. The van der Waals surface area contributed by atoms with Gasteiger partial charge in [-0.15, -0.1) is 0 Å². The summed E-state index contributed by atoms with van der Waals surface area (Å²) in [6.45, 7) is 9.34. The van der Waals surface area contributed by atoms with Crippen LogP contribution in [0.5, 0.6) is 0 Å². The number of hydrogen-bond acceptors (Lipinski definition) is 3. The molecule has 0 aromatic heterocycles. The summed E-state index contributed by atoms with van der Waals surface area (Å²) in [5.74, 6) is 0.188. The second kappa shape index (κ2) is 13.3. The Balaban J connectivity index is 0.000000479. The predicted molar refractivity (Wildman–Crippen MR) is 148 cm³/mol. The zero-order valence-electron chi connectivity index (χ0n) is 23.0. The van der Waals surface area contributed by atoms with Crippen molar-refractivity contribution in [2.24, 2.45) is 0 Å². The van der Waals surface area contributed by atoms with Gasteiger partial charge in [0.1, 0.15) is 5.54 Å². The number of carbonyl (C=O) groups excluding carboxylic acids is 1. The zero-order valence-corrected chi connectivity index (χ0v) is 25.9. The summed E-state index contributed by atoms with van der Waals surface area (Å²) in [5, 5.41) is 0.805. The highest BCUT2D eigenvalue weighted by molar-refractivity contribution is 6.30. The molecule has 3 aliphatic rings. The molecule has 204 valence electrons. The molecular weight excluding hydrogens is 595 g/mol. The number of quaternary nitrogens is 1. The van der Waals surface area contributed by atoms with Crippen LogP contribution in [0.2, 0.25) is 5.02 Å². The first kappa shape index (κ1) is 30.4. The molecule has 0 unspecified atom stereocenters. The minimum Gasteiger partial charge on any atom is -1.00 e. The van der Waals surface area contributed by atoms with E-state index >= 15 is 0 Å². The van der Waals surface area contributed by atoms with E-state index in [9.17, 15) is 4.79 Å². The number of likely N-dealkylation sites (N-methyl/N-ethyl adjacent to an activating group) is 1. The van der Waals surface area contributed by atoms with Gasteiger partial charge in [-0.2, -0.15) is 0 Å². The molecule has 37 heavy (non-hydrogen) atoms. The third-order valence-electron chi connectivity index (χ3n) is 8.87. The Hall–Kier alpha value is -1.15. The number of ether oxygens (including phenoxy) is 1. The van der Waals surface area contributed by atoms with Crippen molar-refractivity contribution in [2.45, 2.75) is 83.2 Å². The first-order valence-electron chi connectivity index (χ1n) is 13.8. The summed E-state index contributed by atoms with van der Waals surface area (Å²) in [6.07, 6.45) is 10.1. The summed E-state index contributed by atoms with van der Waals surface area (Å²) in [5.41, 5.74) is 4.10. The van der Waals surface area contributed by atoms with Gasteiger partial charge in [0, 0.05) is 30.5 Å². The molecule has 0 amide bonds. The topological polar surface area (TPSA) is 29.5 Å². The van der Waals surface area contributed by atoms with E-state index in [2.05, 4.69) is 68.3 Å². The lowest BCUT2D eigenvalue weighted by Gasteiger charge is -2.53. The van der Waals surface area contributed by atoms with Gasteiger partial charge in [0.05, 0.1) is 20.1 Å². The summed E-state index contributed by atoms with van der Waals surface area (Å²) in [4.78, 5) is 14.0. The zero-order chi connectivity index (χ0) is 25.8. The molecular formula is C31H44ClIN2O2. The van der Waals surface area contributed by atoms with Gasteiger partial charge in [-0.25, -0.2) is 0 Å². The highest BCUT2D eigenvalue weighted by Gasteiger charge is 2.49. The third kappa shape index (κ3) is 7.28. The molecule has 0 N–H and O–H groups in total. The van der Waals surface area contributed by atoms with Crippen LogP contribution < -0.4 is 24.0 Å². The van der Waals surface area contributed by atoms with Crippen molar-refractivity contribution in [1.82, 2.24) is 4.90 Å². The molecule has 2 aliphatic carbocycles. The van der Waals surface area contributed by atoms with Gasteiger partial charge < -0.3 is 28.7 Å². The van der Waals surface area contributed by atoms with E-state index in [0.29, 0.717) is 18.7 Å². The van der Waals surface area contributed by atoms with Crippen LogP contribution in [0.25, 0.3) is 0 Å². The molecule has 1 saturated carbocycles. The monoisotopic (exact) mass is 638 g/mol. The van der Waals surface area contributed by atoms with Gasteiger partial charge in [-0.05, 0) is 49.1 Å². The maximum Gasteiger partial charge on any atom is 0.306 e. The van der Waals surface area contributed by atoms with Crippen LogP contribution >= 0.6 is 11.6 Å². The minimum absolute atomic E-state index is 0. The highest BCUT2D eigenvalue weighted by atomic mass is 127. The second-order valence-electron chi connectivity index (χ2n) is 11.8. The largest absolute Gasteiger partial charge is 1.00 e. The van der Waals surface area contributed by atoms with E-state index in [1.54, 1.807) is 0 Å². The predicted octanol–water partition coefficient (Wildman–Crippen LogP) is 4.32. The standard InChI is InChI=1S/C25H32ClN2O2.C6H12.HI/c1-18(29)30-17-28(4)13-12-27(16-25(28,2)3)24-15-22(19-8-6-5-7-9-19)21-11-10-20(26)14-23(21)24;1-2-4-6-5-3-1;/h5-11,14,22,24H,12-13,15-17H2,1-4H3;1-6H2;1H/q+1;;/p-1/t22-,24+,28+;;/m0../s1. The number of fused-ring (bicyclic) bond motifs is 1. The third-order valence-corrected chi connectivity index (χ3v) is 9.10. The van der Waals surface area contributed by atoms with Gasteiger partial charge in [-0.3, -0.25) is 14.2 Å². The van der Waals surface area contributed by atoms with Crippen LogP contribution in [-0.4, -0.2) is 54.3 Å². The van der Waals surface area contributed by atoms with Crippen molar-refractivity contribution >= 4 is 17.6 Å². The van der Waals surface area contributed by atoms with Crippen LogP contribution in [0.1, 0.15) is 94.4 Å². The van der Waals surface area contributed by atoms with E-state index < -0.39 is 0 Å². The molecule has 2 aromatic rings. The summed E-state index contributed by atoms with van der Waals surface area (Å²) in [7, 11) is 2.20. The number of esters is 1. The van der Waals surface area contributed by atoms with Gasteiger partial charge in [-0.1, -0.05) is 86.5 Å². The van der Waals surface area contributed by atoms with Crippen molar-refractivity contribution in [2.75, 3.05) is 33.4 Å². The van der Waals surface area contributed by atoms with Crippen molar-refractivity contribution in [3.05, 3.63) is 70.2 Å². The number of nitrogens with zero attached hydrogens (tertiary/aromatic N) is 2. The fraction of sp³-hybridized carbons (Fsp3) is 0.581. The number of halogens is 2. The molecule has 0 bridgehead atoms. The Kier molecular flexibility index (Phi) is 10.9. The van der Waals surface area contributed by atoms with E-state index in [4.69, 9.17) is 16.3 Å². The first-order valence-corrected chi connectivity index (χ1v) is 14.1. The van der Waals surface area contributed by atoms with E-state index in [1.165, 1.54) is 62.1 Å². The molecule has 0 spiro atoms. The molecule has 6 heteroatoms. The molecule has 5 rings (SSSR count). The summed E-state index contributed by atoms with van der Waals surface area (Å²) < 4.78 is 6.16. The smallest absolute Gasteiger partial charge is 0.306 e. The molecule has 2 aromatic carbocycles. The highest BCUT2D eigenvalue weighted by Crippen LogP contribution is 2.48. The molecule has 1 heterocycles. The number of rotatable bonds is 4. The number of piperazine rings is 1. The SMILES string of the molecule is C1CCCCC1.CC(=O)OC[N@@+]1(C)CCN([C@@H]2C[C@@H](c3ccccc3)c3ccc(Cl)cc32)CC1(C)C.[I-]. The number of hydrogen-bond donors (Lipinski definition) is 0. The Labute approximate surface area is 246 Å². The number of benzene rings is 2. The van der Waals surface area contributed by atoms with Crippen LogP contribution in [0.4, 0.5) is 0 Å². The average molecular weight is 639 g/mol. The maximum absolute atomic E-state index is 11.4. The van der Waals surface area contributed by atoms with Crippen molar-refractivity contribution in [1.29, 1.82) is 0 Å². The summed E-state index contributed by atoms with van der Waals surface area (Å²) in [6, 6.07) is 17.5. The Morgan fingerprint density at radius 1 is 1.03 bits per heavy atom. The summed E-state index contributed by atoms with van der Waals surface area (Å²) >= 11 is 6.42. The molecule has 0 radical (unpaired) electrons. The fourth-order valence-corrected chi connectivity index (χ4v) is 6.35. The van der Waals surface area contributed by atoms with Crippen molar-refractivity contribution < 1.29 is 38.0 Å². The lowest BCUT2D eigenvalue weighted by atomic mass is 9.92. The quantitative estimate of drug-likeness (QED) is 0.284. The molecule has 1 saturated heterocycles. The van der Waals surface area contributed by atoms with Gasteiger partial charge in [0.25, 0.3) is 0 Å².